The minimum Gasteiger partial charge on any atom is -0.317 e. The molecule has 2 amide bonds. The van der Waals surface area contributed by atoms with Gasteiger partial charge in [-0.1, -0.05) is 24.3 Å². The topological polar surface area (TPSA) is 58.2 Å². The number of carbonyl (C=O) groups is 2. The lowest BCUT2D eigenvalue weighted by Gasteiger charge is -2.29. The van der Waals surface area contributed by atoms with Crippen LogP contribution < -0.4 is 10.6 Å². The van der Waals surface area contributed by atoms with Gasteiger partial charge in [0.05, 0.1) is 0 Å². The van der Waals surface area contributed by atoms with Gasteiger partial charge in [-0.2, -0.15) is 0 Å². The summed E-state index contributed by atoms with van der Waals surface area (Å²) in [5.74, 6) is -0.745. The first kappa shape index (κ1) is 14.2. The number of hydrogen-bond donors (Lipinski definition) is 2. The molecular formula is C16H19FN2O2. The van der Waals surface area contributed by atoms with Crippen molar-refractivity contribution in [3.63, 3.8) is 0 Å². The molecule has 2 saturated heterocycles. The van der Waals surface area contributed by atoms with E-state index in [0.717, 1.165) is 25.9 Å². The second-order valence-corrected chi connectivity index (χ2v) is 5.82. The van der Waals surface area contributed by atoms with E-state index in [1.165, 1.54) is 5.56 Å². The van der Waals surface area contributed by atoms with E-state index in [1.807, 2.05) is 12.1 Å². The van der Waals surface area contributed by atoms with E-state index >= 15 is 0 Å². The van der Waals surface area contributed by atoms with Gasteiger partial charge in [-0.05, 0) is 43.0 Å². The zero-order chi connectivity index (χ0) is 14.9. The highest BCUT2D eigenvalue weighted by molar-refractivity contribution is 6.02. The molecule has 1 atom stereocenters. The van der Waals surface area contributed by atoms with Crippen molar-refractivity contribution < 1.29 is 14.0 Å². The SMILES string of the molecule is O=C1CC[C@](F)(c2ccc(C3CCNCC3)cc2)C(=O)N1. The Balaban J connectivity index is 1.80. The molecular weight excluding hydrogens is 271 g/mol. The molecule has 0 saturated carbocycles. The van der Waals surface area contributed by atoms with Crippen LogP contribution in [-0.4, -0.2) is 24.9 Å². The van der Waals surface area contributed by atoms with E-state index < -0.39 is 17.5 Å². The first-order valence-corrected chi connectivity index (χ1v) is 7.44. The molecule has 5 heteroatoms. The number of hydrogen-bond acceptors (Lipinski definition) is 3. The lowest BCUT2D eigenvalue weighted by Crippen LogP contribution is -2.49. The Bertz CT molecular complexity index is 552. The van der Waals surface area contributed by atoms with Gasteiger partial charge < -0.3 is 5.32 Å². The molecule has 21 heavy (non-hydrogen) atoms. The van der Waals surface area contributed by atoms with Crippen molar-refractivity contribution in [2.45, 2.75) is 37.3 Å². The molecule has 0 spiro atoms. The van der Waals surface area contributed by atoms with E-state index in [0.29, 0.717) is 11.5 Å². The highest BCUT2D eigenvalue weighted by Gasteiger charge is 2.44. The number of rotatable bonds is 2. The average molecular weight is 290 g/mol. The number of nitrogens with one attached hydrogen (secondary N) is 2. The van der Waals surface area contributed by atoms with Crippen LogP contribution in [0, 0.1) is 0 Å². The zero-order valence-corrected chi connectivity index (χ0v) is 11.8. The normalized spacial score (nSPS) is 27.5. The van der Waals surface area contributed by atoms with Gasteiger partial charge >= 0.3 is 0 Å². The van der Waals surface area contributed by atoms with Gasteiger partial charge in [-0.15, -0.1) is 0 Å². The molecule has 0 bridgehead atoms. The molecule has 2 fully saturated rings. The smallest absolute Gasteiger partial charge is 0.268 e. The second kappa shape index (κ2) is 5.56. The van der Waals surface area contributed by atoms with E-state index in [1.54, 1.807) is 12.1 Å². The molecule has 2 N–H and O–H groups in total. The summed E-state index contributed by atoms with van der Waals surface area (Å²) in [5.41, 5.74) is -0.554. The van der Waals surface area contributed by atoms with Crippen molar-refractivity contribution in [2.75, 3.05) is 13.1 Å². The molecule has 4 nitrogen and oxygen atoms in total. The molecule has 112 valence electrons. The standard InChI is InChI=1S/C16H19FN2O2/c17-16(8-5-14(20)19-15(16)21)13-3-1-11(2-4-13)12-6-9-18-10-7-12/h1-4,12,18H,5-10H2,(H,19,20,21)/t16-/m0/s1. The number of carbonyl (C=O) groups excluding carboxylic acids is 2. The molecule has 0 radical (unpaired) electrons. The fraction of sp³-hybridized carbons (Fsp3) is 0.500. The minimum atomic E-state index is -2.08. The molecule has 1 aromatic rings. The molecule has 2 aliphatic heterocycles. The van der Waals surface area contributed by atoms with Gasteiger partial charge in [0.25, 0.3) is 5.91 Å². The van der Waals surface area contributed by atoms with Crippen molar-refractivity contribution in [1.29, 1.82) is 0 Å². The maximum Gasteiger partial charge on any atom is 0.268 e. The Morgan fingerprint density at radius 2 is 1.76 bits per heavy atom. The van der Waals surface area contributed by atoms with E-state index in [9.17, 15) is 14.0 Å². The highest BCUT2D eigenvalue weighted by atomic mass is 19.1. The molecule has 3 rings (SSSR count). The fourth-order valence-corrected chi connectivity index (χ4v) is 3.14. The van der Waals surface area contributed by atoms with Gasteiger partial charge in [0, 0.05) is 12.8 Å². The highest BCUT2D eigenvalue weighted by Crippen LogP contribution is 2.35. The van der Waals surface area contributed by atoms with Crippen LogP contribution in [0.4, 0.5) is 4.39 Å². The van der Waals surface area contributed by atoms with Crippen LogP contribution in [0.15, 0.2) is 24.3 Å². The summed E-state index contributed by atoms with van der Waals surface area (Å²) in [4.78, 5) is 22.9. The summed E-state index contributed by atoms with van der Waals surface area (Å²) in [6.45, 7) is 2.01. The van der Waals surface area contributed by atoms with Crippen LogP contribution in [0.2, 0.25) is 0 Å². The van der Waals surface area contributed by atoms with Gasteiger partial charge in [-0.25, -0.2) is 4.39 Å². The Kier molecular flexibility index (Phi) is 3.76. The van der Waals surface area contributed by atoms with Gasteiger partial charge in [0.2, 0.25) is 11.6 Å². The molecule has 0 aliphatic carbocycles. The Hall–Kier alpha value is -1.75. The molecule has 2 heterocycles. The van der Waals surface area contributed by atoms with Crippen LogP contribution in [0.5, 0.6) is 0 Å². The van der Waals surface area contributed by atoms with Crippen LogP contribution >= 0.6 is 0 Å². The maximum atomic E-state index is 14.9. The zero-order valence-electron chi connectivity index (χ0n) is 11.8. The molecule has 1 aromatic carbocycles. The predicted molar refractivity (Wildman–Crippen MR) is 76.5 cm³/mol. The lowest BCUT2D eigenvalue weighted by atomic mass is 9.84. The van der Waals surface area contributed by atoms with Crippen LogP contribution in [-0.2, 0) is 15.3 Å². The van der Waals surface area contributed by atoms with Crippen molar-refractivity contribution >= 4 is 11.8 Å². The Labute approximate surface area is 123 Å². The summed E-state index contributed by atoms with van der Waals surface area (Å²) in [6.07, 6.45) is 2.12. The second-order valence-electron chi connectivity index (χ2n) is 5.82. The number of halogens is 1. The first-order chi connectivity index (χ1) is 10.1. The summed E-state index contributed by atoms with van der Waals surface area (Å²) >= 11 is 0. The quantitative estimate of drug-likeness (QED) is 0.816. The molecule has 2 aliphatic rings. The first-order valence-electron chi connectivity index (χ1n) is 7.44. The molecule has 0 aromatic heterocycles. The number of imide groups is 1. The summed E-state index contributed by atoms with van der Waals surface area (Å²) in [6, 6.07) is 7.20. The Morgan fingerprint density at radius 3 is 2.38 bits per heavy atom. The predicted octanol–water partition coefficient (Wildman–Crippen LogP) is 1.75. The van der Waals surface area contributed by atoms with Crippen LogP contribution in [0.3, 0.4) is 0 Å². The van der Waals surface area contributed by atoms with Crippen LogP contribution in [0.1, 0.15) is 42.7 Å². The third-order valence-corrected chi connectivity index (χ3v) is 4.49. The third kappa shape index (κ3) is 2.70. The number of piperidine rings is 2. The Morgan fingerprint density at radius 1 is 1.10 bits per heavy atom. The number of amides is 2. The minimum absolute atomic E-state index is 0.0400. The van der Waals surface area contributed by atoms with Crippen molar-refractivity contribution in [3.8, 4) is 0 Å². The third-order valence-electron chi connectivity index (χ3n) is 4.49. The van der Waals surface area contributed by atoms with E-state index in [4.69, 9.17) is 0 Å². The van der Waals surface area contributed by atoms with Gasteiger partial charge in [0.15, 0.2) is 0 Å². The van der Waals surface area contributed by atoms with Crippen molar-refractivity contribution in [3.05, 3.63) is 35.4 Å². The van der Waals surface area contributed by atoms with Crippen molar-refractivity contribution in [2.24, 2.45) is 0 Å². The van der Waals surface area contributed by atoms with E-state index in [-0.39, 0.29) is 12.8 Å². The van der Waals surface area contributed by atoms with Crippen molar-refractivity contribution in [1.82, 2.24) is 10.6 Å². The fourth-order valence-electron chi connectivity index (χ4n) is 3.14. The monoisotopic (exact) mass is 290 g/mol. The summed E-state index contributed by atoms with van der Waals surface area (Å²) in [7, 11) is 0. The number of alkyl halides is 1. The largest absolute Gasteiger partial charge is 0.317 e. The summed E-state index contributed by atoms with van der Waals surface area (Å²) in [5, 5.41) is 5.40. The summed E-state index contributed by atoms with van der Waals surface area (Å²) < 4.78 is 14.9. The number of benzene rings is 1. The molecule has 0 unspecified atom stereocenters. The average Bonchev–Trinajstić information content (AvgIpc) is 2.52. The lowest BCUT2D eigenvalue weighted by molar-refractivity contribution is -0.144. The van der Waals surface area contributed by atoms with E-state index in [2.05, 4.69) is 10.6 Å². The maximum absolute atomic E-state index is 14.9. The van der Waals surface area contributed by atoms with Gasteiger partial charge in [0.1, 0.15) is 0 Å². The van der Waals surface area contributed by atoms with Crippen LogP contribution in [0.25, 0.3) is 0 Å². The van der Waals surface area contributed by atoms with Gasteiger partial charge in [-0.3, -0.25) is 14.9 Å².